The Balaban J connectivity index is 1.22. The second kappa shape index (κ2) is 9.10. The van der Waals surface area contributed by atoms with Gasteiger partial charge < -0.3 is 15.4 Å². The number of rotatable bonds is 6. The van der Waals surface area contributed by atoms with Crippen LogP contribution in [0.5, 0.6) is 11.5 Å². The van der Waals surface area contributed by atoms with Crippen LogP contribution in [0.1, 0.15) is 41.4 Å². The van der Waals surface area contributed by atoms with E-state index in [1.165, 1.54) is 6.42 Å². The third-order valence-corrected chi connectivity index (χ3v) is 7.82. The Labute approximate surface area is 211 Å². The molecule has 0 unspecified atom stereocenters. The Morgan fingerprint density at radius 1 is 1.08 bits per heavy atom. The minimum Gasteiger partial charge on any atom is -0.457 e. The monoisotopic (exact) mass is 480 g/mol. The number of ether oxygens (including phenoxy) is 1. The number of amides is 1. The van der Waals surface area contributed by atoms with E-state index in [0.29, 0.717) is 12.0 Å². The fourth-order valence-corrected chi connectivity index (χ4v) is 5.90. The number of aromatic nitrogens is 2. The van der Waals surface area contributed by atoms with Crippen LogP contribution < -0.4 is 15.4 Å². The largest absolute Gasteiger partial charge is 0.457 e. The highest BCUT2D eigenvalue weighted by Crippen LogP contribution is 2.33. The van der Waals surface area contributed by atoms with Gasteiger partial charge in [-0.1, -0.05) is 31.2 Å². The van der Waals surface area contributed by atoms with Crippen LogP contribution in [0, 0.1) is 12.8 Å². The molecule has 6 rings (SSSR count). The second-order valence-corrected chi connectivity index (χ2v) is 10.2. The molecule has 1 aliphatic carbocycles. The number of aryl methyl sites for hydroxylation is 3. The smallest absolute Gasteiger partial charge is 0.251 e. The number of nitrogens with zero attached hydrogens (tertiary/aromatic N) is 2. The summed E-state index contributed by atoms with van der Waals surface area (Å²) in [6.45, 7) is 5.14. The van der Waals surface area contributed by atoms with E-state index in [-0.39, 0.29) is 11.9 Å². The average molecular weight is 481 g/mol. The standard InChI is InChI=1S/C30H32N4O2/c1-4-19-12-21(8-10-27(19)30(35)32-28-15-23-13-22(28)17-31-23)20-6-5-7-24(14-20)36-25-9-11-26-18(2)33-34(3)29(26)16-25/h5-12,14,16,22-23,28,31H,4,13,15,17H2,1-3H3,(H,32,35)/t22-,23-,28-/m1/s1. The third kappa shape index (κ3) is 4.16. The Morgan fingerprint density at radius 2 is 1.92 bits per heavy atom. The number of nitrogens with one attached hydrogen (secondary N) is 2. The van der Waals surface area contributed by atoms with E-state index in [0.717, 1.165) is 69.7 Å². The first-order valence-electron chi connectivity index (χ1n) is 12.9. The van der Waals surface area contributed by atoms with Crippen molar-refractivity contribution in [3.8, 4) is 22.6 Å². The Kier molecular flexibility index (Phi) is 5.76. The number of fused-ring (bicyclic) bond motifs is 3. The number of carbonyl (C=O) groups excluding carboxylic acids is 1. The maximum atomic E-state index is 13.1. The highest BCUT2D eigenvalue weighted by atomic mass is 16.5. The summed E-state index contributed by atoms with van der Waals surface area (Å²) in [6, 6.07) is 21.2. The predicted molar refractivity (Wildman–Crippen MR) is 143 cm³/mol. The molecule has 2 heterocycles. The molecule has 1 saturated heterocycles. The zero-order valence-corrected chi connectivity index (χ0v) is 21.0. The van der Waals surface area contributed by atoms with Gasteiger partial charge in [-0.3, -0.25) is 9.48 Å². The first-order valence-corrected chi connectivity index (χ1v) is 12.9. The van der Waals surface area contributed by atoms with Crippen LogP contribution in [-0.4, -0.2) is 34.3 Å². The zero-order chi connectivity index (χ0) is 24.8. The van der Waals surface area contributed by atoms with Crippen molar-refractivity contribution < 1.29 is 9.53 Å². The van der Waals surface area contributed by atoms with Crippen molar-refractivity contribution in [3.05, 3.63) is 77.5 Å². The van der Waals surface area contributed by atoms with Crippen LogP contribution in [0.15, 0.2) is 60.7 Å². The summed E-state index contributed by atoms with van der Waals surface area (Å²) in [5, 5.41) is 12.4. The van der Waals surface area contributed by atoms with E-state index in [1.54, 1.807) is 0 Å². The van der Waals surface area contributed by atoms with Gasteiger partial charge in [-0.05, 0) is 79.1 Å². The van der Waals surface area contributed by atoms with Gasteiger partial charge in [0.05, 0.1) is 11.2 Å². The lowest BCUT2D eigenvalue weighted by atomic mass is 9.96. The molecule has 1 aromatic heterocycles. The summed E-state index contributed by atoms with van der Waals surface area (Å²) in [7, 11) is 1.95. The molecule has 6 nitrogen and oxygen atoms in total. The van der Waals surface area contributed by atoms with Crippen molar-refractivity contribution in [1.29, 1.82) is 0 Å². The van der Waals surface area contributed by atoms with E-state index in [9.17, 15) is 4.79 Å². The lowest BCUT2D eigenvalue weighted by Gasteiger charge is -2.24. The van der Waals surface area contributed by atoms with Gasteiger partial charge in [0.15, 0.2) is 0 Å². The number of hydrogen-bond acceptors (Lipinski definition) is 4. The quantitative estimate of drug-likeness (QED) is 0.389. The molecule has 4 aromatic rings. The highest BCUT2D eigenvalue weighted by Gasteiger charge is 2.40. The minimum absolute atomic E-state index is 0.0498. The number of benzene rings is 3. The summed E-state index contributed by atoms with van der Waals surface area (Å²) >= 11 is 0. The molecule has 3 atom stereocenters. The third-order valence-electron chi connectivity index (χ3n) is 7.82. The molecule has 36 heavy (non-hydrogen) atoms. The first kappa shape index (κ1) is 22.8. The molecule has 0 radical (unpaired) electrons. The molecule has 184 valence electrons. The molecular weight excluding hydrogens is 448 g/mol. The van der Waals surface area contributed by atoms with Gasteiger partial charge in [-0.2, -0.15) is 5.10 Å². The van der Waals surface area contributed by atoms with Gasteiger partial charge in [0.25, 0.3) is 5.91 Å². The molecule has 1 saturated carbocycles. The zero-order valence-electron chi connectivity index (χ0n) is 21.0. The fraction of sp³-hybridized carbons (Fsp3) is 0.333. The van der Waals surface area contributed by atoms with Crippen LogP contribution in [-0.2, 0) is 13.5 Å². The lowest BCUT2D eigenvalue weighted by Crippen LogP contribution is -2.44. The summed E-state index contributed by atoms with van der Waals surface area (Å²) in [5.74, 6) is 2.16. The summed E-state index contributed by atoms with van der Waals surface area (Å²) in [4.78, 5) is 13.1. The van der Waals surface area contributed by atoms with E-state index >= 15 is 0 Å². The van der Waals surface area contributed by atoms with Gasteiger partial charge >= 0.3 is 0 Å². The topological polar surface area (TPSA) is 68.2 Å². The summed E-state index contributed by atoms with van der Waals surface area (Å²) < 4.78 is 8.10. The van der Waals surface area contributed by atoms with E-state index in [4.69, 9.17) is 4.74 Å². The molecule has 2 aliphatic rings. The van der Waals surface area contributed by atoms with Crippen LogP contribution >= 0.6 is 0 Å². The van der Waals surface area contributed by atoms with Crippen molar-refractivity contribution in [2.24, 2.45) is 13.0 Å². The molecule has 3 aromatic carbocycles. The highest BCUT2D eigenvalue weighted by molar-refractivity contribution is 5.96. The van der Waals surface area contributed by atoms with Crippen molar-refractivity contribution >= 4 is 16.8 Å². The van der Waals surface area contributed by atoms with Gasteiger partial charge in [0, 0.05) is 42.7 Å². The van der Waals surface area contributed by atoms with E-state index in [2.05, 4.69) is 46.9 Å². The average Bonchev–Trinajstić information content (AvgIpc) is 3.58. The van der Waals surface area contributed by atoms with Gasteiger partial charge in [-0.15, -0.1) is 0 Å². The van der Waals surface area contributed by atoms with Crippen LogP contribution in [0.2, 0.25) is 0 Å². The fourth-order valence-electron chi connectivity index (χ4n) is 5.90. The minimum atomic E-state index is 0.0498. The summed E-state index contributed by atoms with van der Waals surface area (Å²) in [5.41, 5.74) is 6.04. The molecule has 0 spiro atoms. The normalized spacial score (nSPS) is 20.7. The van der Waals surface area contributed by atoms with Crippen molar-refractivity contribution in [1.82, 2.24) is 20.4 Å². The number of hydrogen-bond donors (Lipinski definition) is 2. The molecule has 6 heteroatoms. The van der Waals surface area contributed by atoms with Gasteiger partial charge in [-0.25, -0.2) is 0 Å². The number of piperidine rings is 1. The second-order valence-electron chi connectivity index (χ2n) is 10.2. The van der Waals surface area contributed by atoms with Gasteiger partial charge in [0.1, 0.15) is 11.5 Å². The Morgan fingerprint density at radius 3 is 2.69 bits per heavy atom. The van der Waals surface area contributed by atoms with Crippen molar-refractivity contribution in [2.45, 2.75) is 45.2 Å². The molecule has 1 amide bonds. The SMILES string of the molecule is CCc1cc(-c2cccc(Oc3ccc4c(C)nn(C)c4c3)c2)ccc1C(=O)N[C@@H]1C[C@H]2C[C@@H]1CN2. The van der Waals surface area contributed by atoms with Crippen LogP contribution in [0.3, 0.4) is 0 Å². The molecular formula is C30H32N4O2. The van der Waals surface area contributed by atoms with Crippen molar-refractivity contribution in [3.63, 3.8) is 0 Å². The Hall–Kier alpha value is -3.64. The molecule has 1 aliphatic heterocycles. The molecule has 2 fully saturated rings. The number of carbonyl (C=O) groups is 1. The summed E-state index contributed by atoms with van der Waals surface area (Å²) in [6.07, 6.45) is 3.02. The first-order chi connectivity index (χ1) is 17.5. The Bertz CT molecular complexity index is 1460. The molecule has 2 N–H and O–H groups in total. The van der Waals surface area contributed by atoms with E-state index in [1.807, 2.05) is 55.1 Å². The lowest BCUT2D eigenvalue weighted by molar-refractivity contribution is 0.0924. The van der Waals surface area contributed by atoms with Crippen LogP contribution in [0.4, 0.5) is 0 Å². The van der Waals surface area contributed by atoms with Gasteiger partial charge in [0.2, 0.25) is 0 Å². The van der Waals surface area contributed by atoms with Crippen LogP contribution in [0.25, 0.3) is 22.0 Å². The maximum Gasteiger partial charge on any atom is 0.251 e. The maximum absolute atomic E-state index is 13.1. The molecule has 2 bridgehead atoms. The predicted octanol–water partition coefficient (Wildman–Crippen LogP) is 5.38. The van der Waals surface area contributed by atoms with E-state index < -0.39 is 0 Å². The van der Waals surface area contributed by atoms with Crippen molar-refractivity contribution in [2.75, 3.05) is 6.54 Å².